The second-order valence-corrected chi connectivity index (χ2v) is 9.15. The molecule has 0 fully saturated rings. The Morgan fingerprint density at radius 2 is 1.35 bits per heavy atom. The van der Waals surface area contributed by atoms with Gasteiger partial charge in [0.1, 0.15) is 18.6 Å². The number of hydrogen-bond donors (Lipinski definition) is 1. The van der Waals surface area contributed by atoms with E-state index in [2.05, 4.69) is 13.2 Å². The number of ether oxygens (including phenoxy) is 3. The second-order valence-electron chi connectivity index (χ2n) is 7.58. The molecule has 0 aliphatic rings. The molecule has 0 atom stereocenters. The van der Waals surface area contributed by atoms with Gasteiger partial charge in [0.25, 0.3) is 10.1 Å². The molecule has 0 amide bonds. The fourth-order valence-electron chi connectivity index (χ4n) is 2.60. The summed E-state index contributed by atoms with van der Waals surface area (Å²) in [6.45, 7) is 11.2. The van der Waals surface area contributed by atoms with Gasteiger partial charge in [-0.3, -0.25) is 9.35 Å². The van der Waals surface area contributed by atoms with Gasteiger partial charge in [0, 0.05) is 11.1 Å². The largest absolute Gasteiger partial charge is 0.465 e. The van der Waals surface area contributed by atoms with Crippen LogP contribution >= 0.6 is 0 Å². The molecule has 9 nitrogen and oxygen atoms in total. The highest BCUT2D eigenvalue weighted by Gasteiger charge is 2.42. The van der Waals surface area contributed by atoms with Crippen molar-refractivity contribution >= 4 is 28.0 Å². The molecule has 0 aromatic heterocycles. The first kappa shape index (κ1) is 28.8. The zero-order valence-electron chi connectivity index (χ0n) is 18.6. The summed E-state index contributed by atoms with van der Waals surface area (Å²) in [5.74, 6) is -2.30. The molecule has 0 heterocycles. The smallest absolute Gasteiger partial charge is 0.333 e. The minimum Gasteiger partial charge on any atom is -0.465 e. The Morgan fingerprint density at radius 3 is 1.77 bits per heavy atom. The number of hydrogen-bond acceptors (Lipinski definition) is 8. The second kappa shape index (κ2) is 14.0. The zero-order chi connectivity index (χ0) is 24.1. The summed E-state index contributed by atoms with van der Waals surface area (Å²) in [5.41, 5.74) is -1.03. The summed E-state index contributed by atoms with van der Waals surface area (Å²) in [4.78, 5) is 36.6. The summed E-state index contributed by atoms with van der Waals surface area (Å²) in [5, 5.41) is 0. The van der Waals surface area contributed by atoms with E-state index >= 15 is 0 Å². The fourth-order valence-corrected chi connectivity index (χ4v) is 3.17. The molecule has 0 aromatic carbocycles. The van der Waals surface area contributed by atoms with Gasteiger partial charge in [0.15, 0.2) is 0 Å². The molecule has 1 N–H and O–H groups in total. The minimum atomic E-state index is -3.98. The third-order valence-electron chi connectivity index (χ3n) is 4.35. The van der Waals surface area contributed by atoms with Crippen molar-refractivity contribution in [1.29, 1.82) is 0 Å². The third kappa shape index (κ3) is 12.3. The first-order valence-corrected chi connectivity index (χ1v) is 11.7. The predicted octanol–water partition coefficient (Wildman–Crippen LogP) is 3.00. The molecule has 0 radical (unpaired) electrons. The minimum absolute atomic E-state index is 0.0685. The van der Waals surface area contributed by atoms with E-state index in [1.165, 1.54) is 13.8 Å². The van der Waals surface area contributed by atoms with E-state index < -0.39 is 33.4 Å². The molecule has 0 unspecified atom stereocenters. The van der Waals surface area contributed by atoms with Gasteiger partial charge >= 0.3 is 17.9 Å². The Kier molecular flexibility index (Phi) is 13.0. The van der Waals surface area contributed by atoms with Crippen molar-refractivity contribution in [2.24, 2.45) is 5.41 Å². The maximum Gasteiger partial charge on any atom is 0.333 e. The lowest BCUT2D eigenvalue weighted by Gasteiger charge is -2.30. The SMILES string of the molecule is C=C(C)C(=O)OCC(CCC)(COC(=O)C(=C)C)C(=O)OCCCCCCS(=O)(=O)O. The summed E-state index contributed by atoms with van der Waals surface area (Å²) in [7, 11) is -3.98. The van der Waals surface area contributed by atoms with Crippen molar-refractivity contribution in [1.82, 2.24) is 0 Å². The Morgan fingerprint density at radius 1 is 0.871 bits per heavy atom. The standard InChI is InChI=1S/C21H34O9S/c1-6-11-21(14-29-18(22)16(2)3,15-30-19(23)17(4)5)20(24)28-12-9-7-8-10-13-31(25,26)27/h2,4,6-15H2,1,3,5H3,(H,25,26,27). The molecule has 0 aromatic rings. The van der Waals surface area contributed by atoms with E-state index in [1.54, 1.807) is 0 Å². The average molecular weight is 463 g/mol. The lowest BCUT2D eigenvalue weighted by atomic mass is 9.85. The molecular weight excluding hydrogens is 428 g/mol. The lowest BCUT2D eigenvalue weighted by molar-refractivity contribution is -0.171. The van der Waals surface area contributed by atoms with Crippen molar-refractivity contribution < 1.29 is 41.6 Å². The van der Waals surface area contributed by atoms with Crippen molar-refractivity contribution in [3.63, 3.8) is 0 Å². The van der Waals surface area contributed by atoms with E-state index in [4.69, 9.17) is 18.8 Å². The van der Waals surface area contributed by atoms with Gasteiger partial charge in [-0.1, -0.05) is 39.3 Å². The van der Waals surface area contributed by atoms with Crippen molar-refractivity contribution in [3.05, 3.63) is 24.3 Å². The maximum atomic E-state index is 12.9. The van der Waals surface area contributed by atoms with Gasteiger partial charge < -0.3 is 14.2 Å². The van der Waals surface area contributed by atoms with Crippen LogP contribution in [0, 0.1) is 5.41 Å². The summed E-state index contributed by atoms with van der Waals surface area (Å²) >= 11 is 0. The van der Waals surface area contributed by atoms with Crippen LogP contribution in [0.2, 0.25) is 0 Å². The van der Waals surface area contributed by atoms with Crippen LogP contribution in [-0.4, -0.2) is 56.5 Å². The van der Waals surface area contributed by atoms with E-state index in [0.717, 1.165) is 0 Å². The van der Waals surface area contributed by atoms with Gasteiger partial charge in [-0.05, 0) is 33.1 Å². The molecular formula is C21H34O9S. The Bertz CT molecular complexity index is 723. The van der Waals surface area contributed by atoms with Crippen LogP contribution in [-0.2, 0) is 38.7 Å². The van der Waals surface area contributed by atoms with Gasteiger partial charge in [-0.2, -0.15) is 8.42 Å². The van der Waals surface area contributed by atoms with Crippen molar-refractivity contribution in [2.75, 3.05) is 25.6 Å². The summed E-state index contributed by atoms with van der Waals surface area (Å²) < 4.78 is 45.8. The zero-order valence-corrected chi connectivity index (χ0v) is 19.4. The number of unbranched alkanes of at least 4 members (excludes halogenated alkanes) is 3. The molecule has 0 aliphatic heterocycles. The van der Waals surface area contributed by atoms with Crippen LogP contribution in [0.5, 0.6) is 0 Å². The molecule has 0 spiro atoms. The van der Waals surface area contributed by atoms with Crippen LogP contribution in [0.15, 0.2) is 24.3 Å². The highest BCUT2D eigenvalue weighted by molar-refractivity contribution is 7.85. The maximum absolute atomic E-state index is 12.9. The lowest BCUT2D eigenvalue weighted by Crippen LogP contribution is -2.43. The van der Waals surface area contributed by atoms with E-state index in [9.17, 15) is 22.8 Å². The van der Waals surface area contributed by atoms with Crippen molar-refractivity contribution in [3.8, 4) is 0 Å². The predicted molar refractivity (Wildman–Crippen MR) is 115 cm³/mol. The van der Waals surface area contributed by atoms with E-state index in [-0.39, 0.29) is 43.1 Å². The Balaban J connectivity index is 5.01. The van der Waals surface area contributed by atoms with Crippen LogP contribution in [0.1, 0.15) is 59.3 Å². The van der Waals surface area contributed by atoms with Crippen molar-refractivity contribution in [2.45, 2.75) is 59.3 Å². The molecule has 0 aliphatic carbocycles. The molecule has 178 valence electrons. The normalized spacial score (nSPS) is 11.5. The highest BCUT2D eigenvalue weighted by Crippen LogP contribution is 2.28. The van der Waals surface area contributed by atoms with Crippen LogP contribution in [0.4, 0.5) is 0 Å². The molecule has 0 saturated carbocycles. The molecule has 0 bridgehead atoms. The van der Waals surface area contributed by atoms with Crippen LogP contribution in [0.3, 0.4) is 0 Å². The monoisotopic (exact) mass is 462 g/mol. The van der Waals surface area contributed by atoms with Gasteiger partial charge in [-0.15, -0.1) is 0 Å². The first-order valence-electron chi connectivity index (χ1n) is 10.1. The first-order chi connectivity index (χ1) is 14.3. The summed E-state index contributed by atoms with van der Waals surface area (Å²) in [6.07, 6.45) is 2.73. The topological polar surface area (TPSA) is 133 Å². The van der Waals surface area contributed by atoms with Gasteiger partial charge in [0.2, 0.25) is 0 Å². The number of carbonyl (C=O) groups is 3. The van der Waals surface area contributed by atoms with Crippen LogP contribution in [0.25, 0.3) is 0 Å². The highest BCUT2D eigenvalue weighted by atomic mass is 32.2. The Hall–Kier alpha value is -2.20. The fraction of sp³-hybridized carbons (Fsp3) is 0.667. The Labute approximate surface area is 184 Å². The molecule has 0 saturated heterocycles. The number of carbonyl (C=O) groups excluding carboxylic acids is 3. The molecule has 31 heavy (non-hydrogen) atoms. The third-order valence-corrected chi connectivity index (χ3v) is 5.15. The summed E-state index contributed by atoms with van der Waals surface area (Å²) in [6, 6.07) is 0. The molecule has 0 rings (SSSR count). The quantitative estimate of drug-likeness (QED) is 0.121. The number of esters is 3. The average Bonchev–Trinajstić information content (AvgIpc) is 2.67. The molecule has 10 heteroatoms. The van der Waals surface area contributed by atoms with E-state index in [0.29, 0.717) is 32.1 Å². The van der Waals surface area contributed by atoms with Gasteiger partial charge in [-0.25, -0.2) is 9.59 Å². The number of rotatable bonds is 16. The van der Waals surface area contributed by atoms with Gasteiger partial charge in [0.05, 0.1) is 12.4 Å². The van der Waals surface area contributed by atoms with Crippen LogP contribution < -0.4 is 0 Å². The van der Waals surface area contributed by atoms with E-state index in [1.807, 2.05) is 6.92 Å².